The number of phosphoric ester groups is 1. The van der Waals surface area contributed by atoms with E-state index in [-0.39, 0.29) is 25.6 Å². The minimum atomic E-state index is -4.39. The summed E-state index contributed by atoms with van der Waals surface area (Å²) >= 11 is 0. The van der Waals surface area contributed by atoms with E-state index in [0.717, 1.165) is 44.9 Å². The van der Waals surface area contributed by atoms with Crippen LogP contribution >= 0.6 is 7.82 Å². The smallest absolute Gasteiger partial charge is 0.462 e. The van der Waals surface area contributed by atoms with Gasteiger partial charge in [0.05, 0.1) is 27.7 Å². The van der Waals surface area contributed by atoms with Gasteiger partial charge < -0.3 is 18.9 Å². The van der Waals surface area contributed by atoms with Gasteiger partial charge in [-0.15, -0.1) is 0 Å². The lowest BCUT2D eigenvalue weighted by Gasteiger charge is -2.24. The maximum Gasteiger partial charge on any atom is 0.472 e. The van der Waals surface area contributed by atoms with Crippen LogP contribution in [0.15, 0.2) is 24.3 Å². The summed E-state index contributed by atoms with van der Waals surface area (Å²) in [4.78, 5) is 35.9. The first kappa shape index (κ1) is 83.5. The van der Waals surface area contributed by atoms with Crippen LogP contribution in [0.2, 0.25) is 0 Å². The third-order valence-corrected chi connectivity index (χ3v) is 18.2. The molecule has 0 spiro atoms. The second kappa shape index (κ2) is 66.9. The van der Waals surface area contributed by atoms with Crippen LogP contribution < -0.4 is 0 Å². The van der Waals surface area contributed by atoms with Crippen molar-refractivity contribution in [1.82, 2.24) is 0 Å². The van der Waals surface area contributed by atoms with E-state index >= 15 is 0 Å². The third-order valence-electron chi connectivity index (χ3n) is 17.2. The molecule has 0 saturated carbocycles. The van der Waals surface area contributed by atoms with Gasteiger partial charge in [0.2, 0.25) is 0 Å². The fourth-order valence-corrected chi connectivity index (χ4v) is 12.2. The largest absolute Gasteiger partial charge is 0.472 e. The molecule has 0 aliphatic carbocycles. The van der Waals surface area contributed by atoms with Gasteiger partial charge in [-0.05, 0) is 44.9 Å². The Labute approximate surface area is 529 Å². The number of likely N-dealkylation sites (N-methyl/N-ethyl adjacent to an activating group) is 1. The molecule has 1 N–H and O–H groups in total. The quantitative estimate of drug-likeness (QED) is 0.0211. The van der Waals surface area contributed by atoms with Gasteiger partial charge in [-0.25, -0.2) is 4.57 Å². The van der Waals surface area contributed by atoms with Gasteiger partial charge >= 0.3 is 19.8 Å². The molecule has 504 valence electrons. The SMILES string of the molecule is CCCCCCC/C=C\C/C=C\CCCCCCCCCCCCCCCCCCCCCCCCCC(=O)OC(COC(=O)CCCCCCCCCCCCCCCCCCCCCCCCCCCC)COP(=O)(O)OCC[N+](C)(C)C. The van der Waals surface area contributed by atoms with Crippen LogP contribution in [0.3, 0.4) is 0 Å². The van der Waals surface area contributed by atoms with Crippen LogP contribution in [-0.4, -0.2) is 74.9 Å². The molecule has 0 radical (unpaired) electrons. The number of hydrogen-bond acceptors (Lipinski definition) is 7. The van der Waals surface area contributed by atoms with Crippen LogP contribution in [-0.2, 0) is 32.7 Å². The zero-order valence-electron chi connectivity index (χ0n) is 57.6. The lowest BCUT2D eigenvalue weighted by Crippen LogP contribution is -2.37. The van der Waals surface area contributed by atoms with Crippen molar-refractivity contribution < 1.29 is 42.1 Å². The van der Waals surface area contributed by atoms with E-state index in [4.69, 9.17) is 18.5 Å². The van der Waals surface area contributed by atoms with Crippen LogP contribution in [0.5, 0.6) is 0 Å². The van der Waals surface area contributed by atoms with Gasteiger partial charge in [-0.3, -0.25) is 18.6 Å². The monoisotopic (exact) mass is 1220 g/mol. The second-order valence-corrected chi connectivity index (χ2v) is 28.5. The average molecular weight is 1220 g/mol. The summed E-state index contributed by atoms with van der Waals surface area (Å²) < 4.78 is 34.8. The van der Waals surface area contributed by atoms with E-state index in [0.29, 0.717) is 17.4 Å². The zero-order valence-corrected chi connectivity index (χ0v) is 58.5. The molecule has 0 saturated heterocycles. The van der Waals surface area contributed by atoms with Crippen molar-refractivity contribution in [3.05, 3.63) is 24.3 Å². The van der Waals surface area contributed by atoms with E-state index in [9.17, 15) is 19.0 Å². The molecule has 0 aromatic heterocycles. The number of rotatable bonds is 71. The van der Waals surface area contributed by atoms with E-state index in [1.807, 2.05) is 21.1 Å². The van der Waals surface area contributed by atoms with E-state index in [1.54, 1.807) is 0 Å². The minimum absolute atomic E-state index is 0.0362. The van der Waals surface area contributed by atoms with E-state index in [2.05, 4.69) is 38.2 Å². The van der Waals surface area contributed by atoms with Gasteiger partial charge in [-0.2, -0.15) is 0 Å². The Kier molecular flexibility index (Phi) is 65.7. The highest BCUT2D eigenvalue weighted by Gasteiger charge is 2.27. The van der Waals surface area contributed by atoms with Gasteiger partial charge in [0.1, 0.15) is 19.8 Å². The summed E-state index contributed by atoms with van der Waals surface area (Å²) in [5.74, 6) is -0.770. The van der Waals surface area contributed by atoms with Gasteiger partial charge in [0.15, 0.2) is 6.10 Å². The van der Waals surface area contributed by atoms with Crippen LogP contribution in [0.4, 0.5) is 0 Å². The minimum Gasteiger partial charge on any atom is -0.462 e. The number of unbranched alkanes of at least 4 members (excludes halogenated alkanes) is 53. The molecule has 85 heavy (non-hydrogen) atoms. The summed E-state index contributed by atoms with van der Waals surface area (Å²) in [5.41, 5.74) is 0. The Morgan fingerprint density at radius 2 is 0.635 bits per heavy atom. The summed E-state index contributed by atoms with van der Waals surface area (Å²) in [6.45, 7) is 4.51. The van der Waals surface area contributed by atoms with Crippen molar-refractivity contribution in [3.8, 4) is 0 Å². The molecule has 0 heterocycles. The van der Waals surface area contributed by atoms with Crippen molar-refractivity contribution in [1.29, 1.82) is 0 Å². The molecule has 0 rings (SSSR count). The number of carbonyl (C=O) groups excluding carboxylic acids is 2. The molecular formula is C75H147NO8P+. The fraction of sp³-hybridized carbons (Fsp3) is 0.920. The highest BCUT2D eigenvalue weighted by atomic mass is 31.2. The molecule has 0 aromatic carbocycles. The summed E-state index contributed by atoms with van der Waals surface area (Å²) in [6, 6.07) is 0. The van der Waals surface area contributed by atoms with Crippen LogP contribution in [0.25, 0.3) is 0 Å². The molecule has 0 aliphatic rings. The fourth-order valence-electron chi connectivity index (χ4n) is 11.5. The van der Waals surface area contributed by atoms with Crippen molar-refractivity contribution in [2.24, 2.45) is 0 Å². The van der Waals surface area contributed by atoms with Gasteiger partial charge in [0.25, 0.3) is 0 Å². The number of esters is 2. The Hall–Kier alpha value is -1.51. The zero-order chi connectivity index (χ0) is 61.9. The summed E-state index contributed by atoms with van der Waals surface area (Å²) in [6.07, 6.45) is 84.5. The maximum atomic E-state index is 12.9. The second-order valence-electron chi connectivity index (χ2n) is 27.0. The van der Waals surface area contributed by atoms with Crippen molar-refractivity contribution in [3.63, 3.8) is 0 Å². The van der Waals surface area contributed by atoms with Gasteiger partial charge in [-0.1, -0.05) is 359 Å². The lowest BCUT2D eigenvalue weighted by molar-refractivity contribution is -0.870. The molecule has 10 heteroatoms. The van der Waals surface area contributed by atoms with Crippen molar-refractivity contribution in [2.75, 3.05) is 47.5 Å². The number of ether oxygens (including phenoxy) is 2. The van der Waals surface area contributed by atoms with Crippen molar-refractivity contribution >= 4 is 19.8 Å². The standard InChI is InChI=1S/C75H146NO8P/c1-6-8-10-12-14-16-18-20-22-24-26-28-30-32-34-35-36-37-38-39-40-41-42-44-46-48-50-52-54-56-58-60-62-64-66-68-75(78)84-73(72-83-85(79,80)82-70-69-76(3,4)5)71-81-74(77)67-65-63-61-59-57-55-53-51-49-47-45-43-33-31-29-27-25-23-21-19-17-15-13-11-9-7-2/h18,20,24,26,73H,6-17,19,21-23,25,27-72H2,1-5H3/p+1/b20-18-,26-24-. The lowest BCUT2D eigenvalue weighted by atomic mass is 10.0. The molecule has 0 fully saturated rings. The Bertz CT molecular complexity index is 1480. The van der Waals surface area contributed by atoms with Gasteiger partial charge in [0, 0.05) is 12.8 Å². The molecule has 0 amide bonds. The average Bonchev–Trinajstić information content (AvgIpc) is 3.51. The third kappa shape index (κ3) is 71.4. The molecule has 0 bridgehead atoms. The molecule has 0 aliphatic heterocycles. The number of quaternary nitrogens is 1. The van der Waals surface area contributed by atoms with E-state index in [1.165, 1.54) is 321 Å². The topological polar surface area (TPSA) is 108 Å². The molecule has 2 unspecified atom stereocenters. The number of hydrogen-bond donors (Lipinski definition) is 1. The predicted molar refractivity (Wildman–Crippen MR) is 367 cm³/mol. The van der Waals surface area contributed by atoms with E-state index < -0.39 is 26.5 Å². The maximum absolute atomic E-state index is 12.9. The highest BCUT2D eigenvalue weighted by molar-refractivity contribution is 7.47. The number of carbonyl (C=O) groups is 2. The highest BCUT2D eigenvalue weighted by Crippen LogP contribution is 2.43. The Morgan fingerprint density at radius 1 is 0.365 bits per heavy atom. The first-order chi connectivity index (χ1) is 41.5. The number of phosphoric acid groups is 1. The number of nitrogens with zero attached hydrogens (tertiary/aromatic N) is 1. The van der Waals surface area contributed by atoms with Crippen molar-refractivity contribution in [2.45, 2.75) is 399 Å². The van der Waals surface area contributed by atoms with Crippen LogP contribution in [0.1, 0.15) is 393 Å². The number of allylic oxidation sites excluding steroid dienone is 4. The molecular weight excluding hydrogens is 1070 g/mol. The predicted octanol–water partition coefficient (Wildman–Crippen LogP) is 24.4. The Morgan fingerprint density at radius 3 is 0.929 bits per heavy atom. The normalized spacial score (nSPS) is 13.2. The molecule has 0 aromatic rings. The first-order valence-corrected chi connectivity index (χ1v) is 39.1. The molecule has 9 nitrogen and oxygen atoms in total. The molecule has 2 atom stereocenters. The van der Waals surface area contributed by atoms with Crippen LogP contribution in [0, 0.1) is 0 Å². The summed E-state index contributed by atoms with van der Waals surface area (Å²) in [7, 11) is 1.50. The summed E-state index contributed by atoms with van der Waals surface area (Å²) in [5, 5.41) is 0. The first-order valence-electron chi connectivity index (χ1n) is 37.6. The Balaban J connectivity index is 3.93.